The Labute approximate surface area is 119 Å². The van der Waals surface area contributed by atoms with E-state index in [0.717, 1.165) is 18.4 Å². The summed E-state index contributed by atoms with van der Waals surface area (Å²) >= 11 is 5.82. The first-order valence-corrected chi connectivity index (χ1v) is 8.79. The van der Waals surface area contributed by atoms with Gasteiger partial charge in [0.2, 0.25) is 10.0 Å². The Morgan fingerprint density at radius 1 is 1.16 bits per heavy atom. The van der Waals surface area contributed by atoms with E-state index in [2.05, 4.69) is 0 Å². The molecular formula is C14H18ClNO2S. The maximum absolute atomic E-state index is 12.5. The highest BCUT2D eigenvalue weighted by molar-refractivity contribution is 7.88. The molecule has 1 aromatic rings. The van der Waals surface area contributed by atoms with Crippen molar-refractivity contribution in [3.05, 3.63) is 34.9 Å². The molecule has 1 heterocycles. The highest BCUT2D eigenvalue weighted by Crippen LogP contribution is 2.41. The van der Waals surface area contributed by atoms with Crippen LogP contribution in [0.4, 0.5) is 0 Å². The molecule has 2 fully saturated rings. The summed E-state index contributed by atoms with van der Waals surface area (Å²) in [5.74, 6) is 0.704. The number of hydrogen-bond acceptors (Lipinski definition) is 2. The fraction of sp³-hybridized carbons (Fsp3) is 0.571. The summed E-state index contributed by atoms with van der Waals surface area (Å²) in [7, 11) is -3.19. The summed E-state index contributed by atoms with van der Waals surface area (Å²) in [4.78, 5) is 0. The molecule has 1 atom stereocenters. The summed E-state index contributed by atoms with van der Waals surface area (Å²) in [5, 5.41) is 0.637. The molecule has 0 amide bonds. The van der Waals surface area contributed by atoms with Crippen molar-refractivity contribution in [1.29, 1.82) is 0 Å². The average molecular weight is 300 g/mol. The number of halogens is 1. The van der Waals surface area contributed by atoms with Crippen molar-refractivity contribution in [2.75, 3.05) is 6.54 Å². The van der Waals surface area contributed by atoms with Crippen molar-refractivity contribution < 1.29 is 8.42 Å². The van der Waals surface area contributed by atoms with Gasteiger partial charge in [-0.05, 0) is 49.3 Å². The minimum absolute atomic E-state index is 0.0907. The minimum Gasteiger partial charge on any atom is -0.212 e. The van der Waals surface area contributed by atoms with E-state index in [1.165, 1.54) is 12.8 Å². The molecule has 1 saturated carbocycles. The van der Waals surface area contributed by atoms with E-state index in [9.17, 15) is 8.42 Å². The van der Waals surface area contributed by atoms with E-state index in [1.54, 1.807) is 28.6 Å². The first kappa shape index (κ1) is 13.4. The monoisotopic (exact) mass is 299 g/mol. The molecule has 0 N–H and O–H groups in total. The maximum atomic E-state index is 12.5. The van der Waals surface area contributed by atoms with E-state index in [-0.39, 0.29) is 11.8 Å². The van der Waals surface area contributed by atoms with Gasteiger partial charge in [-0.3, -0.25) is 0 Å². The lowest BCUT2D eigenvalue weighted by molar-refractivity contribution is 0.356. The van der Waals surface area contributed by atoms with Crippen molar-refractivity contribution >= 4 is 21.6 Å². The van der Waals surface area contributed by atoms with Gasteiger partial charge in [0, 0.05) is 17.6 Å². The molecular weight excluding hydrogens is 282 g/mol. The quantitative estimate of drug-likeness (QED) is 0.857. The third kappa shape index (κ3) is 2.96. The Kier molecular flexibility index (Phi) is 3.58. The Morgan fingerprint density at radius 3 is 2.47 bits per heavy atom. The number of sulfonamides is 1. The van der Waals surface area contributed by atoms with Crippen LogP contribution in [-0.2, 0) is 15.8 Å². The van der Waals surface area contributed by atoms with Gasteiger partial charge in [-0.1, -0.05) is 23.7 Å². The van der Waals surface area contributed by atoms with Gasteiger partial charge in [-0.2, -0.15) is 4.31 Å². The van der Waals surface area contributed by atoms with Gasteiger partial charge in [0.1, 0.15) is 0 Å². The van der Waals surface area contributed by atoms with Crippen molar-refractivity contribution in [1.82, 2.24) is 4.31 Å². The summed E-state index contributed by atoms with van der Waals surface area (Å²) in [5.41, 5.74) is 0.811. The first-order chi connectivity index (χ1) is 9.06. The van der Waals surface area contributed by atoms with Gasteiger partial charge >= 0.3 is 0 Å². The number of benzene rings is 1. The van der Waals surface area contributed by atoms with Crippen LogP contribution in [0.1, 0.15) is 31.2 Å². The Morgan fingerprint density at radius 2 is 1.84 bits per heavy atom. The zero-order chi connectivity index (χ0) is 13.5. The molecule has 1 saturated heterocycles. The van der Waals surface area contributed by atoms with Crippen molar-refractivity contribution in [3.63, 3.8) is 0 Å². The second-order valence-corrected chi connectivity index (χ2v) is 7.90. The molecule has 2 aliphatic rings. The third-order valence-electron chi connectivity index (χ3n) is 4.03. The van der Waals surface area contributed by atoms with Crippen LogP contribution >= 0.6 is 11.6 Å². The highest BCUT2D eigenvalue weighted by atomic mass is 35.5. The Bertz CT molecular complexity index is 551. The zero-order valence-electron chi connectivity index (χ0n) is 10.8. The Balaban J connectivity index is 1.76. The molecule has 5 heteroatoms. The number of hydrogen-bond donors (Lipinski definition) is 0. The lowest BCUT2D eigenvalue weighted by Crippen LogP contribution is -2.37. The number of nitrogens with zero attached hydrogens (tertiary/aromatic N) is 1. The van der Waals surface area contributed by atoms with E-state index < -0.39 is 10.0 Å². The van der Waals surface area contributed by atoms with E-state index >= 15 is 0 Å². The molecule has 1 unspecified atom stereocenters. The molecule has 1 aliphatic carbocycles. The van der Waals surface area contributed by atoms with E-state index in [0.29, 0.717) is 17.5 Å². The molecule has 0 radical (unpaired) electrons. The molecule has 1 aromatic carbocycles. The Hall–Kier alpha value is -0.580. The van der Waals surface area contributed by atoms with Crippen LogP contribution in [0.5, 0.6) is 0 Å². The summed E-state index contributed by atoms with van der Waals surface area (Å²) in [6.07, 6.45) is 4.42. The van der Waals surface area contributed by atoms with Crippen LogP contribution in [0.2, 0.25) is 5.02 Å². The smallest absolute Gasteiger partial charge is 0.212 e. The van der Waals surface area contributed by atoms with Crippen LogP contribution in [0.15, 0.2) is 24.3 Å². The van der Waals surface area contributed by atoms with E-state index in [1.807, 2.05) is 0 Å². The highest BCUT2D eigenvalue weighted by Gasteiger charge is 2.42. The van der Waals surface area contributed by atoms with Crippen molar-refractivity contribution in [2.24, 2.45) is 5.92 Å². The van der Waals surface area contributed by atoms with Gasteiger partial charge in [-0.15, -0.1) is 0 Å². The number of rotatable bonds is 4. The maximum Gasteiger partial charge on any atom is 0.218 e. The molecule has 3 rings (SSSR count). The third-order valence-corrected chi connectivity index (χ3v) is 6.15. The second-order valence-electron chi connectivity index (χ2n) is 5.54. The summed E-state index contributed by atoms with van der Waals surface area (Å²) in [6, 6.07) is 7.34. The lowest BCUT2D eigenvalue weighted by atomic mass is 10.1. The predicted molar refractivity (Wildman–Crippen MR) is 76.5 cm³/mol. The van der Waals surface area contributed by atoms with Crippen LogP contribution in [-0.4, -0.2) is 25.3 Å². The molecule has 0 bridgehead atoms. The molecule has 3 nitrogen and oxygen atoms in total. The summed E-state index contributed by atoms with van der Waals surface area (Å²) < 4.78 is 26.8. The molecule has 19 heavy (non-hydrogen) atoms. The standard InChI is InChI=1S/C14H18ClNO2S/c15-13-7-3-11(4-8-13)10-19(17,18)16-9-1-2-14(16)12-5-6-12/h3-4,7-8,12,14H,1-2,5-6,9-10H2. The average Bonchev–Trinajstić information content (AvgIpc) is 3.09. The molecule has 0 spiro atoms. The van der Waals surface area contributed by atoms with Crippen LogP contribution < -0.4 is 0 Å². The van der Waals surface area contributed by atoms with Gasteiger partial charge in [0.25, 0.3) is 0 Å². The van der Waals surface area contributed by atoms with Gasteiger partial charge < -0.3 is 0 Å². The lowest BCUT2D eigenvalue weighted by Gasteiger charge is -2.24. The second kappa shape index (κ2) is 5.08. The fourth-order valence-electron chi connectivity index (χ4n) is 2.94. The van der Waals surface area contributed by atoms with Crippen molar-refractivity contribution in [2.45, 2.75) is 37.5 Å². The van der Waals surface area contributed by atoms with Crippen molar-refractivity contribution in [3.8, 4) is 0 Å². The van der Waals surface area contributed by atoms with E-state index in [4.69, 9.17) is 11.6 Å². The molecule has 104 valence electrons. The minimum atomic E-state index is -3.19. The largest absolute Gasteiger partial charge is 0.218 e. The van der Waals surface area contributed by atoms with Crippen LogP contribution in [0.3, 0.4) is 0 Å². The fourth-order valence-corrected chi connectivity index (χ4v) is 4.94. The SMILES string of the molecule is O=S(=O)(Cc1ccc(Cl)cc1)N1CCCC1C1CC1. The van der Waals surface area contributed by atoms with Gasteiger partial charge in [-0.25, -0.2) is 8.42 Å². The van der Waals surface area contributed by atoms with Gasteiger partial charge in [0.15, 0.2) is 0 Å². The normalized spacial score (nSPS) is 24.8. The molecule has 1 aliphatic heterocycles. The van der Waals surface area contributed by atoms with Gasteiger partial charge in [0.05, 0.1) is 5.75 Å². The topological polar surface area (TPSA) is 37.4 Å². The van der Waals surface area contributed by atoms with Crippen LogP contribution in [0, 0.1) is 5.92 Å². The summed E-state index contributed by atoms with van der Waals surface area (Å²) in [6.45, 7) is 0.692. The predicted octanol–water partition coefficient (Wildman–Crippen LogP) is 3.04. The zero-order valence-corrected chi connectivity index (χ0v) is 12.3. The molecule has 0 aromatic heterocycles. The first-order valence-electron chi connectivity index (χ1n) is 6.80. The van der Waals surface area contributed by atoms with Crippen LogP contribution in [0.25, 0.3) is 0 Å².